The highest BCUT2D eigenvalue weighted by atomic mass is 79.9. The van der Waals surface area contributed by atoms with E-state index in [2.05, 4.69) is 26.2 Å². The minimum atomic E-state index is -1.12. The third kappa shape index (κ3) is 4.42. The minimum absolute atomic E-state index is 0.372. The predicted molar refractivity (Wildman–Crippen MR) is 85.3 cm³/mol. The molecule has 0 bridgehead atoms. The van der Waals surface area contributed by atoms with E-state index in [4.69, 9.17) is 16.7 Å². The number of rotatable bonds is 4. The van der Waals surface area contributed by atoms with E-state index in [0.717, 1.165) is 8.69 Å². The van der Waals surface area contributed by atoms with Gasteiger partial charge in [0.15, 0.2) is 5.13 Å². The Morgan fingerprint density at radius 1 is 1.38 bits per heavy atom. The third-order valence-corrected chi connectivity index (χ3v) is 4.01. The maximum absolute atomic E-state index is 12.2. The van der Waals surface area contributed by atoms with Gasteiger partial charge in [0.1, 0.15) is 6.54 Å². The van der Waals surface area contributed by atoms with Gasteiger partial charge in [-0.3, -0.25) is 15.0 Å². The molecule has 0 saturated carbocycles. The van der Waals surface area contributed by atoms with E-state index < -0.39 is 18.5 Å². The average molecular weight is 391 g/mol. The third-order valence-electron chi connectivity index (χ3n) is 2.37. The second-order valence-corrected chi connectivity index (χ2v) is 6.70. The molecule has 0 spiro atoms. The van der Waals surface area contributed by atoms with E-state index in [9.17, 15) is 9.59 Å². The molecule has 0 fully saturated rings. The lowest BCUT2D eigenvalue weighted by Crippen LogP contribution is -2.38. The molecule has 2 N–H and O–H groups in total. The van der Waals surface area contributed by atoms with E-state index in [1.54, 1.807) is 30.5 Å². The molecule has 9 heteroatoms. The molecule has 2 rings (SSSR count). The van der Waals surface area contributed by atoms with Crippen LogP contribution in [-0.4, -0.2) is 28.6 Å². The highest BCUT2D eigenvalue weighted by molar-refractivity contribution is 9.11. The Morgan fingerprint density at radius 2 is 2.05 bits per heavy atom. The number of hydrogen-bond donors (Lipinski definition) is 2. The largest absolute Gasteiger partial charge is 0.480 e. The van der Waals surface area contributed by atoms with Crippen LogP contribution >= 0.6 is 38.9 Å². The van der Waals surface area contributed by atoms with Crippen molar-refractivity contribution in [3.63, 3.8) is 0 Å². The molecule has 0 aliphatic carbocycles. The van der Waals surface area contributed by atoms with Gasteiger partial charge in [-0.2, -0.15) is 0 Å². The molecule has 21 heavy (non-hydrogen) atoms. The van der Waals surface area contributed by atoms with Crippen molar-refractivity contribution in [2.45, 2.75) is 0 Å². The van der Waals surface area contributed by atoms with Crippen molar-refractivity contribution in [1.82, 2.24) is 4.98 Å². The summed E-state index contributed by atoms with van der Waals surface area (Å²) < 4.78 is 0.758. The van der Waals surface area contributed by atoms with Gasteiger partial charge in [0.25, 0.3) is 0 Å². The zero-order valence-electron chi connectivity index (χ0n) is 10.4. The molecule has 1 heterocycles. The molecule has 0 aliphatic rings. The number of carboxylic acids is 1. The predicted octanol–water partition coefficient (Wildman–Crippen LogP) is 3.68. The molecule has 0 radical (unpaired) electrons. The van der Waals surface area contributed by atoms with Crippen LogP contribution in [0.25, 0.3) is 0 Å². The van der Waals surface area contributed by atoms with Crippen LogP contribution in [0, 0.1) is 0 Å². The molecule has 1 aromatic carbocycles. The molecular formula is C12H9BrClN3O3S. The molecule has 0 saturated heterocycles. The fraction of sp³-hybridized carbons (Fsp3) is 0.0833. The van der Waals surface area contributed by atoms with Crippen molar-refractivity contribution in [2.75, 3.05) is 16.8 Å². The van der Waals surface area contributed by atoms with E-state index in [1.165, 1.54) is 11.3 Å². The number of thiazole rings is 1. The summed E-state index contributed by atoms with van der Waals surface area (Å²) in [4.78, 5) is 28.2. The SMILES string of the molecule is O=C(O)CN(C(=O)Nc1ncc(Br)s1)c1ccc(Cl)cc1. The number of nitrogens with zero attached hydrogens (tertiary/aromatic N) is 2. The number of benzene rings is 1. The first-order chi connectivity index (χ1) is 9.95. The molecule has 0 atom stereocenters. The Bertz CT molecular complexity index is 662. The van der Waals surface area contributed by atoms with Crippen molar-refractivity contribution >= 4 is 61.7 Å². The summed E-state index contributed by atoms with van der Waals surface area (Å²) in [6.45, 7) is -0.472. The normalized spacial score (nSPS) is 10.2. The van der Waals surface area contributed by atoms with Crippen molar-refractivity contribution in [1.29, 1.82) is 0 Å². The summed E-state index contributed by atoms with van der Waals surface area (Å²) in [5.74, 6) is -1.12. The molecule has 6 nitrogen and oxygen atoms in total. The number of nitrogens with one attached hydrogen (secondary N) is 1. The van der Waals surface area contributed by atoms with E-state index >= 15 is 0 Å². The molecule has 1 aromatic heterocycles. The number of amides is 2. The highest BCUT2D eigenvalue weighted by Crippen LogP contribution is 2.24. The van der Waals surface area contributed by atoms with Crippen LogP contribution in [0.5, 0.6) is 0 Å². The van der Waals surface area contributed by atoms with Gasteiger partial charge in [-0.25, -0.2) is 9.78 Å². The van der Waals surface area contributed by atoms with Crippen molar-refractivity contribution in [3.05, 3.63) is 39.3 Å². The van der Waals surface area contributed by atoms with Crippen molar-refractivity contribution in [3.8, 4) is 0 Å². The van der Waals surface area contributed by atoms with Gasteiger partial charge in [0, 0.05) is 10.7 Å². The molecule has 0 unspecified atom stereocenters. The molecule has 0 aliphatic heterocycles. The Hall–Kier alpha value is -1.64. The Morgan fingerprint density at radius 3 is 2.57 bits per heavy atom. The number of carbonyl (C=O) groups is 2. The van der Waals surface area contributed by atoms with Gasteiger partial charge in [-0.15, -0.1) is 0 Å². The summed E-state index contributed by atoms with van der Waals surface area (Å²) in [7, 11) is 0. The average Bonchev–Trinajstić information content (AvgIpc) is 2.82. The number of halogens is 2. The molecule has 110 valence electrons. The number of aliphatic carboxylic acids is 1. The van der Waals surface area contributed by atoms with Crippen LogP contribution in [0.15, 0.2) is 34.2 Å². The zero-order valence-corrected chi connectivity index (χ0v) is 13.6. The fourth-order valence-electron chi connectivity index (χ4n) is 1.51. The van der Waals surface area contributed by atoms with Crippen LogP contribution in [0.2, 0.25) is 5.02 Å². The highest BCUT2D eigenvalue weighted by Gasteiger charge is 2.20. The maximum Gasteiger partial charge on any atom is 0.328 e. The summed E-state index contributed by atoms with van der Waals surface area (Å²) in [6.07, 6.45) is 1.55. The van der Waals surface area contributed by atoms with Gasteiger partial charge >= 0.3 is 12.0 Å². The first-order valence-electron chi connectivity index (χ1n) is 5.63. The van der Waals surface area contributed by atoms with Crippen LogP contribution in [0.4, 0.5) is 15.6 Å². The quantitative estimate of drug-likeness (QED) is 0.834. The van der Waals surface area contributed by atoms with Crippen LogP contribution in [0.3, 0.4) is 0 Å². The number of anilines is 2. The lowest BCUT2D eigenvalue weighted by molar-refractivity contribution is -0.135. The Kier molecular flexibility index (Phi) is 5.16. The van der Waals surface area contributed by atoms with Crippen molar-refractivity contribution in [2.24, 2.45) is 0 Å². The van der Waals surface area contributed by atoms with Crippen molar-refractivity contribution < 1.29 is 14.7 Å². The monoisotopic (exact) mass is 389 g/mol. The second kappa shape index (κ2) is 6.88. The molecule has 2 aromatic rings. The van der Waals surface area contributed by atoms with Gasteiger partial charge < -0.3 is 5.11 Å². The Labute approximate surface area is 137 Å². The summed E-state index contributed by atoms with van der Waals surface area (Å²) in [6, 6.07) is 5.73. The number of hydrogen-bond acceptors (Lipinski definition) is 4. The first kappa shape index (κ1) is 15.7. The van der Waals surface area contributed by atoms with E-state index in [-0.39, 0.29) is 0 Å². The smallest absolute Gasteiger partial charge is 0.328 e. The van der Waals surface area contributed by atoms with Crippen LogP contribution < -0.4 is 10.2 Å². The zero-order chi connectivity index (χ0) is 15.4. The maximum atomic E-state index is 12.2. The second-order valence-electron chi connectivity index (χ2n) is 3.86. The Balaban J connectivity index is 2.20. The number of aromatic nitrogens is 1. The fourth-order valence-corrected chi connectivity index (χ4v) is 2.73. The minimum Gasteiger partial charge on any atom is -0.480 e. The lowest BCUT2D eigenvalue weighted by Gasteiger charge is -2.20. The van der Waals surface area contributed by atoms with Gasteiger partial charge in [0.2, 0.25) is 0 Å². The summed E-state index contributed by atoms with van der Waals surface area (Å²) in [5.41, 5.74) is 0.426. The number of urea groups is 1. The number of carbonyl (C=O) groups excluding carboxylic acids is 1. The topological polar surface area (TPSA) is 82.5 Å². The summed E-state index contributed by atoms with van der Waals surface area (Å²) in [5, 5.41) is 12.4. The van der Waals surface area contributed by atoms with Gasteiger partial charge in [-0.05, 0) is 40.2 Å². The van der Waals surface area contributed by atoms with E-state index in [1.807, 2.05) is 0 Å². The lowest BCUT2D eigenvalue weighted by atomic mass is 10.3. The first-order valence-corrected chi connectivity index (χ1v) is 7.61. The number of carboxylic acid groups (broad SMARTS) is 1. The van der Waals surface area contributed by atoms with Crippen LogP contribution in [0.1, 0.15) is 0 Å². The molecule has 2 amide bonds. The van der Waals surface area contributed by atoms with E-state index in [0.29, 0.717) is 15.8 Å². The summed E-state index contributed by atoms with van der Waals surface area (Å²) >= 11 is 10.2. The van der Waals surface area contributed by atoms with Gasteiger partial charge in [0.05, 0.1) is 9.98 Å². The van der Waals surface area contributed by atoms with Crippen LogP contribution in [-0.2, 0) is 4.79 Å². The standard InChI is InChI=1S/C12H9BrClN3O3S/c13-9-5-15-11(21-9)16-12(20)17(6-10(18)19)8-3-1-7(14)2-4-8/h1-5H,6H2,(H,18,19)(H,15,16,20). The van der Waals surface area contributed by atoms with Gasteiger partial charge in [-0.1, -0.05) is 22.9 Å². The molecular weight excluding hydrogens is 382 g/mol.